The predicted octanol–water partition coefficient (Wildman–Crippen LogP) is 7.13. The number of hydrogen-bond donors (Lipinski definition) is 3. The van der Waals surface area contributed by atoms with E-state index in [1.165, 1.54) is 52.1 Å². The Balaban J connectivity index is 0.00000456. The molecule has 2 aromatic heterocycles. The number of carbonyl (C=O) groups excluding carboxylic acids is 2. The first-order chi connectivity index (χ1) is 32.6. The molecular weight excluding hydrogens is 939 g/mol. The lowest BCUT2D eigenvalue weighted by Crippen LogP contribution is -3.00. The van der Waals surface area contributed by atoms with Gasteiger partial charge < -0.3 is 38.4 Å². The van der Waals surface area contributed by atoms with Crippen LogP contribution in [0.5, 0.6) is 11.6 Å². The number of aryl methyl sites for hydroxylation is 2. The number of halogens is 5. The number of allylic oxidation sites excluding steroid dienone is 4. The van der Waals surface area contributed by atoms with Crippen molar-refractivity contribution in [1.29, 1.82) is 0 Å². The Kier molecular flexibility index (Phi) is 19.0. The lowest BCUT2D eigenvalue weighted by atomic mass is 9.81. The third kappa shape index (κ3) is 13.2. The van der Waals surface area contributed by atoms with Crippen LogP contribution in [0, 0.1) is 0 Å². The summed E-state index contributed by atoms with van der Waals surface area (Å²) in [5.41, 5.74) is 13.3. The summed E-state index contributed by atoms with van der Waals surface area (Å²) in [7, 11) is 2.15. The van der Waals surface area contributed by atoms with E-state index in [1.807, 2.05) is 6.20 Å². The van der Waals surface area contributed by atoms with Crippen molar-refractivity contribution in [3.8, 4) is 11.6 Å². The lowest BCUT2D eigenvalue weighted by Gasteiger charge is -2.23. The second kappa shape index (κ2) is 24.2. The first-order valence-corrected chi connectivity index (χ1v) is 23.5. The first kappa shape index (κ1) is 54.9. The second-order valence-corrected chi connectivity index (χ2v) is 18.5. The van der Waals surface area contributed by atoms with Gasteiger partial charge in [0.25, 0.3) is 5.91 Å². The van der Waals surface area contributed by atoms with Crippen LogP contribution in [0.2, 0.25) is 0 Å². The van der Waals surface area contributed by atoms with E-state index < -0.39 is 11.9 Å². The number of pyridine rings is 1. The van der Waals surface area contributed by atoms with Crippen molar-refractivity contribution in [1.82, 2.24) is 30.6 Å². The van der Waals surface area contributed by atoms with Crippen LogP contribution in [0.25, 0.3) is 0 Å². The summed E-state index contributed by atoms with van der Waals surface area (Å²) < 4.78 is 49.7. The standard InChI is InChI=1S/C53H62F3N9O3.2ClH/c1-51(2)41-21-8-10-23-43(41)63(5)46(51)25-16-26-47-52(3,4)42-22-9-11-24-44(42)65(47)31-14-6-7-27-48(66)58-29-17-30-64-36-39(61-62-64)19-12-13-28-59-50(67)38-18-15-20-40(34-38)68-49-33-37(35-57)32-45(60-49)53(54,55)56;;/h8-11,15-16,18,20-26,32-34,36H,6-7,12-14,17,19,27-31,35,57H2,1-5H3,(H-,58,59,66,67);2*1H. The molecule has 4 N–H and O–H groups in total. The molecule has 17 heteroatoms. The Morgan fingerprint density at radius 2 is 1.60 bits per heavy atom. The minimum Gasteiger partial charge on any atom is -1.00 e. The molecule has 5 aromatic rings. The average Bonchev–Trinajstić information content (AvgIpc) is 3.92. The Morgan fingerprint density at radius 3 is 2.36 bits per heavy atom. The van der Waals surface area contributed by atoms with E-state index in [2.05, 4.69) is 137 Å². The summed E-state index contributed by atoms with van der Waals surface area (Å²) in [6.45, 7) is 11.6. The zero-order chi connectivity index (χ0) is 48.5. The normalized spacial score (nSPS) is 15.1. The average molecular weight is 1000 g/mol. The number of nitrogens with zero attached hydrogens (tertiary/aromatic N) is 6. The maximum atomic E-state index is 13.3. The van der Waals surface area contributed by atoms with Crippen LogP contribution >= 0.6 is 12.4 Å². The number of nitrogens with two attached hydrogens (primary N) is 1. The van der Waals surface area contributed by atoms with Gasteiger partial charge in [-0.05, 0) is 99.9 Å². The molecule has 0 radical (unpaired) electrons. The first-order valence-electron chi connectivity index (χ1n) is 23.5. The van der Waals surface area contributed by atoms with E-state index in [0.717, 1.165) is 50.4 Å². The fraction of sp³-hybridized carbons (Fsp3) is 0.396. The Morgan fingerprint density at radius 1 is 0.857 bits per heavy atom. The molecule has 2 aliphatic heterocycles. The molecule has 0 spiro atoms. The van der Waals surface area contributed by atoms with Gasteiger partial charge in [-0.1, -0.05) is 67.6 Å². The van der Waals surface area contributed by atoms with E-state index in [1.54, 1.807) is 16.8 Å². The highest BCUT2D eigenvalue weighted by atomic mass is 35.5. The van der Waals surface area contributed by atoms with E-state index in [9.17, 15) is 22.8 Å². The summed E-state index contributed by atoms with van der Waals surface area (Å²) in [6, 6.07) is 25.7. The van der Waals surface area contributed by atoms with Crippen LogP contribution in [-0.4, -0.2) is 68.8 Å². The molecule has 0 bridgehead atoms. The fourth-order valence-electron chi connectivity index (χ4n) is 9.20. The predicted molar refractivity (Wildman–Crippen MR) is 267 cm³/mol. The molecule has 4 heterocycles. The van der Waals surface area contributed by atoms with Crippen LogP contribution < -0.4 is 38.4 Å². The van der Waals surface area contributed by atoms with Gasteiger partial charge in [0.15, 0.2) is 5.71 Å². The van der Waals surface area contributed by atoms with Crippen LogP contribution in [-0.2, 0) is 41.3 Å². The number of amides is 2. The van der Waals surface area contributed by atoms with Crippen LogP contribution in [0.1, 0.15) is 111 Å². The van der Waals surface area contributed by atoms with Gasteiger partial charge in [-0.25, -0.2) is 4.98 Å². The fourth-order valence-corrected chi connectivity index (χ4v) is 9.20. The summed E-state index contributed by atoms with van der Waals surface area (Å²) >= 11 is 0. The van der Waals surface area contributed by atoms with E-state index >= 15 is 0 Å². The number of nitrogens with one attached hydrogen (secondary N) is 2. The summed E-state index contributed by atoms with van der Waals surface area (Å²) in [6.07, 6.45) is 10.1. The lowest BCUT2D eigenvalue weighted by molar-refractivity contribution is -0.438. The summed E-state index contributed by atoms with van der Waals surface area (Å²) in [5.74, 6) is -0.373. The summed E-state index contributed by atoms with van der Waals surface area (Å²) in [4.78, 5) is 31.4. The molecule has 0 aliphatic carbocycles. The SMILES string of the molecule is CN1/C(=C/C=C/C2=[N+](CCCCCC(=O)NCCCn3cc(CCCCNC(=O)c4cccc(Oc5cc(CN)cc(C(F)(F)F)n5)c4)nn3)c3ccccc3C2(C)C)C(C)(C)c2ccccc21.Cl.[Cl-]. The van der Waals surface area contributed by atoms with Gasteiger partial charge in [-0.2, -0.15) is 17.7 Å². The Hall–Kier alpha value is -6.03. The molecule has 2 amide bonds. The Bertz CT molecular complexity index is 2700. The number of ether oxygens (including phenoxy) is 1. The van der Waals surface area contributed by atoms with E-state index in [-0.39, 0.29) is 71.2 Å². The van der Waals surface area contributed by atoms with Gasteiger partial charge in [0.2, 0.25) is 17.5 Å². The molecular formula is C53H64Cl2F3N9O3. The van der Waals surface area contributed by atoms with Gasteiger partial charge in [0, 0.05) is 98.4 Å². The zero-order valence-electron chi connectivity index (χ0n) is 40.5. The minimum atomic E-state index is -4.66. The Labute approximate surface area is 421 Å². The number of unbranched alkanes of at least 4 members (excludes halogenated alkanes) is 3. The second-order valence-electron chi connectivity index (χ2n) is 18.5. The minimum absolute atomic E-state index is 0. The van der Waals surface area contributed by atoms with Crippen molar-refractivity contribution in [2.75, 3.05) is 31.6 Å². The molecule has 0 saturated heterocycles. The molecule has 0 atom stereocenters. The largest absolute Gasteiger partial charge is 1.00 e. The number of para-hydroxylation sites is 2. The highest BCUT2D eigenvalue weighted by molar-refractivity contribution is 6.03. The number of aromatic nitrogens is 4. The molecule has 7 rings (SSSR count). The number of hydrogen-bond acceptors (Lipinski definition) is 8. The maximum Gasteiger partial charge on any atom is 0.433 e. The smallest absolute Gasteiger partial charge is 0.433 e. The number of alkyl halides is 3. The van der Waals surface area contributed by atoms with E-state index in [4.69, 9.17) is 10.5 Å². The molecule has 12 nitrogen and oxygen atoms in total. The molecule has 70 heavy (non-hydrogen) atoms. The molecule has 0 fully saturated rings. The highest BCUT2D eigenvalue weighted by Crippen LogP contribution is 2.47. The number of likely N-dealkylation sites (N-methyl/N-ethyl adjacent to an activating group) is 1. The molecule has 0 unspecified atom stereocenters. The van der Waals surface area contributed by atoms with Crippen LogP contribution in [0.4, 0.5) is 24.5 Å². The van der Waals surface area contributed by atoms with Crippen molar-refractivity contribution < 1.29 is 44.5 Å². The van der Waals surface area contributed by atoms with Crippen LogP contribution in [0.3, 0.4) is 0 Å². The van der Waals surface area contributed by atoms with Gasteiger partial charge in [0.05, 0.1) is 11.1 Å². The molecule has 0 saturated carbocycles. The van der Waals surface area contributed by atoms with Crippen molar-refractivity contribution in [3.63, 3.8) is 0 Å². The maximum absolute atomic E-state index is 13.3. The molecule has 2 aliphatic rings. The summed E-state index contributed by atoms with van der Waals surface area (Å²) in [5, 5.41) is 14.4. The number of carbonyl (C=O) groups is 2. The third-order valence-electron chi connectivity index (χ3n) is 12.9. The number of rotatable bonds is 21. The van der Waals surface area contributed by atoms with Gasteiger partial charge >= 0.3 is 6.18 Å². The highest BCUT2D eigenvalue weighted by Gasteiger charge is 2.44. The van der Waals surface area contributed by atoms with E-state index in [0.29, 0.717) is 44.5 Å². The van der Waals surface area contributed by atoms with Crippen molar-refractivity contribution >= 4 is 41.3 Å². The third-order valence-corrected chi connectivity index (χ3v) is 12.9. The number of benzene rings is 3. The number of anilines is 1. The quantitative estimate of drug-likeness (QED) is 0.0521. The zero-order valence-corrected chi connectivity index (χ0v) is 42.1. The van der Waals surface area contributed by atoms with Gasteiger partial charge in [0.1, 0.15) is 18.0 Å². The van der Waals surface area contributed by atoms with Gasteiger partial charge in [-0.3, -0.25) is 14.3 Å². The van der Waals surface area contributed by atoms with Crippen molar-refractivity contribution in [2.24, 2.45) is 5.73 Å². The van der Waals surface area contributed by atoms with Crippen molar-refractivity contribution in [2.45, 2.75) is 109 Å². The molecule has 374 valence electrons. The van der Waals surface area contributed by atoms with Crippen LogP contribution in [0.15, 0.2) is 115 Å². The number of fused-ring (bicyclic) bond motifs is 2. The van der Waals surface area contributed by atoms with Crippen molar-refractivity contribution in [3.05, 3.63) is 149 Å². The molecule has 3 aromatic carbocycles. The monoisotopic (exact) mass is 1000 g/mol. The van der Waals surface area contributed by atoms with Gasteiger partial charge in [-0.15, -0.1) is 17.5 Å². The topological polar surface area (TPSA) is 143 Å².